The monoisotopic (exact) mass is 839 g/mol. The zero-order chi connectivity index (χ0) is 36.6. The predicted molar refractivity (Wildman–Crippen MR) is 215 cm³/mol. The third-order valence-electron chi connectivity index (χ3n) is 8.91. The van der Waals surface area contributed by atoms with Crippen molar-refractivity contribution >= 4 is 83.7 Å². The van der Waals surface area contributed by atoms with Gasteiger partial charge in [0, 0.05) is 56.5 Å². The van der Waals surface area contributed by atoms with E-state index in [2.05, 4.69) is 88.3 Å². The Hall–Kier alpha value is -4.46. The van der Waals surface area contributed by atoms with E-state index in [1.807, 2.05) is 20.0 Å². The first-order valence-electron chi connectivity index (χ1n) is 17.5. The molecule has 0 bridgehead atoms. The fourth-order valence-electron chi connectivity index (χ4n) is 6.11. The molecule has 6 aromatic rings. The summed E-state index contributed by atoms with van der Waals surface area (Å²) in [6.07, 6.45) is 12.8. The van der Waals surface area contributed by atoms with Gasteiger partial charge in [-0.3, -0.25) is 0 Å². The molecule has 10 N–H and O–H groups in total. The quantitative estimate of drug-likeness (QED) is 0.131. The summed E-state index contributed by atoms with van der Waals surface area (Å²) < 4.78 is 6.60. The lowest BCUT2D eigenvalue weighted by molar-refractivity contribution is 0.632. The van der Waals surface area contributed by atoms with Crippen LogP contribution in [0.5, 0.6) is 0 Å². The number of nitrogens with one attached hydrogen (secondary N) is 4. The highest BCUT2D eigenvalue weighted by Gasteiger charge is 2.17. The highest BCUT2D eigenvalue weighted by Crippen LogP contribution is 2.25. The Morgan fingerprint density at radius 2 is 1.31 bits per heavy atom. The SMILES string of the molecule is C1CCNC1.CNc1cc(N)n2ncc(C)c2n1.Nc1cc(N2CCCC2)nc2c(Br)cnn12.Nc1cc(NCC2CCCN2)nc2c(Br)cnn12. The molecule has 0 radical (unpaired) electrons. The second kappa shape index (κ2) is 17.4. The second-order valence-electron chi connectivity index (χ2n) is 12.8. The lowest BCUT2D eigenvalue weighted by atomic mass is 10.2. The maximum Gasteiger partial charge on any atom is 0.173 e. The molecule has 0 amide bonds. The fourth-order valence-corrected chi connectivity index (χ4v) is 6.81. The van der Waals surface area contributed by atoms with Crippen molar-refractivity contribution in [3.63, 3.8) is 0 Å². The number of aryl methyl sites for hydroxylation is 1. The second-order valence-corrected chi connectivity index (χ2v) is 14.5. The molecule has 1 atom stereocenters. The van der Waals surface area contributed by atoms with Crippen molar-refractivity contribution in [3.8, 4) is 0 Å². The summed E-state index contributed by atoms with van der Waals surface area (Å²) in [6, 6.07) is 5.97. The van der Waals surface area contributed by atoms with E-state index in [-0.39, 0.29) is 0 Å². The zero-order valence-corrected chi connectivity index (χ0v) is 32.7. The van der Waals surface area contributed by atoms with Crippen LogP contribution in [0.3, 0.4) is 0 Å². The molecule has 17 nitrogen and oxygen atoms in total. The van der Waals surface area contributed by atoms with Crippen LogP contribution in [0, 0.1) is 6.92 Å². The van der Waals surface area contributed by atoms with E-state index in [4.69, 9.17) is 17.2 Å². The number of aromatic nitrogens is 9. The number of nitrogens with two attached hydrogens (primary N) is 3. The number of rotatable bonds is 5. The number of hydrogen-bond donors (Lipinski definition) is 7. The molecule has 0 aliphatic carbocycles. The summed E-state index contributed by atoms with van der Waals surface area (Å²) in [4.78, 5) is 15.7. The lowest BCUT2D eigenvalue weighted by Gasteiger charge is -2.16. The van der Waals surface area contributed by atoms with Gasteiger partial charge in [0.25, 0.3) is 0 Å². The Morgan fingerprint density at radius 1 is 0.731 bits per heavy atom. The van der Waals surface area contributed by atoms with Crippen molar-refractivity contribution in [1.82, 2.24) is 54.4 Å². The molecule has 9 heterocycles. The molecular formula is C33H47Br2N17. The van der Waals surface area contributed by atoms with Crippen LogP contribution < -0.4 is 43.4 Å². The molecule has 3 aliphatic rings. The highest BCUT2D eigenvalue weighted by molar-refractivity contribution is 9.11. The van der Waals surface area contributed by atoms with Crippen LogP contribution in [0.25, 0.3) is 16.9 Å². The van der Waals surface area contributed by atoms with Crippen molar-refractivity contribution in [2.45, 2.75) is 51.5 Å². The van der Waals surface area contributed by atoms with Gasteiger partial charge in [0.2, 0.25) is 0 Å². The van der Waals surface area contributed by atoms with E-state index in [0.29, 0.717) is 23.5 Å². The number of nitrogen functional groups attached to an aromatic ring is 3. The molecule has 3 fully saturated rings. The highest BCUT2D eigenvalue weighted by atomic mass is 79.9. The van der Waals surface area contributed by atoms with Crippen molar-refractivity contribution in [2.75, 3.05) is 79.1 Å². The number of nitrogens with zero attached hydrogens (tertiary/aromatic N) is 10. The molecule has 1 unspecified atom stereocenters. The molecular weight excluding hydrogens is 794 g/mol. The van der Waals surface area contributed by atoms with Gasteiger partial charge in [-0.15, -0.1) is 0 Å². The Labute approximate surface area is 318 Å². The first-order chi connectivity index (χ1) is 25.2. The number of hydrogen-bond acceptors (Lipinski definition) is 14. The van der Waals surface area contributed by atoms with Gasteiger partial charge in [0.05, 0.1) is 27.5 Å². The average molecular weight is 842 g/mol. The van der Waals surface area contributed by atoms with Gasteiger partial charge in [-0.2, -0.15) is 28.8 Å². The first kappa shape index (κ1) is 37.3. The third-order valence-corrected chi connectivity index (χ3v) is 10.0. The summed E-state index contributed by atoms with van der Waals surface area (Å²) in [7, 11) is 1.81. The van der Waals surface area contributed by atoms with E-state index in [1.165, 1.54) is 51.6 Å². The molecule has 278 valence electrons. The average Bonchev–Trinajstić information content (AvgIpc) is 4.00. The van der Waals surface area contributed by atoms with Crippen LogP contribution >= 0.6 is 31.9 Å². The Morgan fingerprint density at radius 3 is 1.90 bits per heavy atom. The zero-order valence-electron chi connectivity index (χ0n) is 29.5. The van der Waals surface area contributed by atoms with Gasteiger partial charge in [-0.25, -0.2) is 15.0 Å². The van der Waals surface area contributed by atoms with E-state index < -0.39 is 0 Å². The summed E-state index contributed by atoms with van der Waals surface area (Å²) in [5.41, 5.74) is 21.0. The molecule has 0 saturated carbocycles. The maximum absolute atomic E-state index is 5.95. The Kier molecular flexibility index (Phi) is 12.5. The fraction of sp³-hybridized carbons (Fsp3) is 0.455. The van der Waals surface area contributed by atoms with Crippen LogP contribution in [0.15, 0.2) is 45.7 Å². The van der Waals surface area contributed by atoms with Crippen LogP contribution in [0.1, 0.15) is 44.1 Å². The van der Waals surface area contributed by atoms with Crippen molar-refractivity contribution < 1.29 is 0 Å². The molecule has 0 spiro atoms. The molecule has 9 rings (SSSR count). The molecule has 6 aromatic heterocycles. The van der Waals surface area contributed by atoms with E-state index >= 15 is 0 Å². The van der Waals surface area contributed by atoms with Crippen molar-refractivity contribution in [1.29, 1.82) is 0 Å². The topological polar surface area (TPSA) is 220 Å². The van der Waals surface area contributed by atoms with E-state index in [1.54, 1.807) is 44.3 Å². The predicted octanol–water partition coefficient (Wildman–Crippen LogP) is 3.94. The van der Waals surface area contributed by atoms with Gasteiger partial charge in [-0.05, 0) is 96.9 Å². The van der Waals surface area contributed by atoms with Crippen LogP contribution in [-0.2, 0) is 0 Å². The lowest BCUT2D eigenvalue weighted by Crippen LogP contribution is -2.29. The standard InChI is InChI=1S/C11H15BrN6.C10H12BrN5.C8H11N5.C4H9N/c12-8-6-16-18-9(13)4-10(17-11(8)18)15-5-7-2-1-3-14-7;11-7-6-13-16-8(12)5-9(14-10(7)16)15-3-1-2-4-15;1-5-4-11-13-6(9)3-7(10-2)12-8(5)13;1-2-4-5-3-1/h4,6-7,14H,1-3,5,13H2,(H,15,17);5-6H,1-4,12H2;3-4H,9H2,1-2H3,(H,10,12);5H,1-4H2. The van der Waals surface area contributed by atoms with Gasteiger partial charge < -0.3 is 43.4 Å². The van der Waals surface area contributed by atoms with Crippen LogP contribution in [-0.4, -0.2) is 96.2 Å². The number of fused-ring (bicyclic) bond motifs is 3. The van der Waals surface area contributed by atoms with Crippen molar-refractivity contribution in [2.24, 2.45) is 0 Å². The first-order valence-corrected chi connectivity index (χ1v) is 19.1. The minimum Gasteiger partial charge on any atom is -0.383 e. The van der Waals surface area contributed by atoms with Crippen LogP contribution in [0.2, 0.25) is 0 Å². The molecule has 19 heteroatoms. The third kappa shape index (κ3) is 8.94. The minimum atomic E-state index is 0.526. The van der Waals surface area contributed by atoms with E-state index in [9.17, 15) is 0 Å². The Balaban J connectivity index is 0.000000127. The summed E-state index contributed by atoms with van der Waals surface area (Å²) in [5, 5.41) is 25.3. The smallest absolute Gasteiger partial charge is 0.173 e. The molecule has 0 aromatic carbocycles. The molecule has 3 aliphatic heterocycles. The van der Waals surface area contributed by atoms with Gasteiger partial charge >= 0.3 is 0 Å². The number of anilines is 6. The van der Waals surface area contributed by atoms with Crippen molar-refractivity contribution in [3.05, 3.63) is 51.3 Å². The maximum atomic E-state index is 5.95. The van der Waals surface area contributed by atoms with Gasteiger partial charge in [0.15, 0.2) is 16.9 Å². The normalized spacial score (nSPS) is 16.7. The summed E-state index contributed by atoms with van der Waals surface area (Å²) in [5.74, 6) is 4.28. The molecule has 52 heavy (non-hydrogen) atoms. The summed E-state index contributed by atoms with van der Waals surface area (Å²) >= 11 is 6.83. The minimum absolute atomic E-state index is 0.526. The van der Waals surface area contributed by atoms with Crippen LogP contribution in [0.4, 0.5) is 34.9 Å². The number of halogens is 2. The van der Waals surface area contributed by atoms with E-state index in [0.717, 1.165) is 75.1 Å². The Bertz CT molecular complexity index is 2070. The van der Waals surface area contributed by atoms with Gasteiger partial charge in [0.1, 0.15) is 34.9 Å². The summed E-state index contributed by atoms with van der Waals surface area (Å²) in [6.45, 7) is 8.56. The van der Waals surface area contributed by atoms with Gasteiger partial charge in [-0.1, -0.05) is 0 Å². The largest absolute Gasteiger partial charge is 0.383 e. The molecule has 3 saturated heterocycles.